The maximum absolute atomic E-state index is 6.11. The minimum absolute atomic E-state index is 0.343. The highest BCUT2D eigenvalue weighted by atomic mass is 35.5. The monoisotopic (exact) mass is 316 g/mol. The molecule has 0 aromatic carbocycles. The van der Waals surface area contributed by atoms with Crippen LogP contribution < -0.4 is 5.32 Å². The maximum Gasteiger partial charge on any atom is 0.190 e. The molecule has 19 heavy (non-hydrogen) atoms. The third-order valence-corrected chi connectivity index (χ3v) is 5.19. The number of aromatic nitrogens is 2. The number of thioether (sulfide) groups is 2. The third kappa shape index (κ3) is 3.55. The fraction of sp³-hybridized carbons (Fsp3) is 0.583. The molecule has 2 atom stereocenters. The quantitative estimate of drug-likeness (QED) is 0.523. The first kappa shape index (κ1) is 14.9. The van der Waals surface area contributed by atoms with Gasteiger partial charge in [-0.2, -0.15) is 0 Å². The second kappa shape index (κ2) is 6.33. The summed E-state index contributed by atoms with van der Waals surface area (Å²) in [6.45, 7) is 6.96. The second-order valence-electron chi connectivity index (χ2n) is 4.40. The maximum atomic E-state index is 6.11. The Labute approximate surface area is 127 Å². The van der Waals surface area contributed by atoms with E-state index in [1.54, 1.807) is 0 Å². The lowest BCUT2D eigenvalue weighted by molar-refractivity contribution is 0.721. The van der Waals surface area contributed by atoms with Crippen molar-refractivity contribution in [2.75, 3.05) is 18.1 Å². The van der Waals surface area contributed by atoms with Gasteiger partial charge in [0.1, 0.15) is 11.0 Å². The van der Waals surface area contributed by atoms with Crippen LogP contribution in [0.1, 0.15) is 19.4 Å². The molecule has 0 saturated heterocycles. The van der Waals surface area contributed by atoms with Crippen LogP contribution in [0.3, 0.4) is 0 Å². The summed E-state index contributed by atoms with van der Waals surface area (Å²) in [7, 11) is 0. The summed E-state index contributed by atoms with van der Waals surface area (Å²) in [6, 6.07) is 0.343. The van der Waals surface area contributed by atoms with Crippen LogP contribution in [-0.2, 0) is 0 Å². The minimum atomic E-state index is 0.343. The van der Waals surface area contributed by atoms with Gasteiger partial charge in [-0.05, 0) is 27.0 Å². The molecule has 2 heterocycles. The van der Waals surface area contributed by atoms with Gasteiger partial charge in [-0.3, -0.25) is 4.99 Å². The van der Waals surface area contributed by atoms with Crippen molar-refractivity contribution < 1.29 is 0 Å². The summed E-state index contributed by atoms with van der Waals surface area (Å²) in [4.78, 5) is 13.2. The first-order valence-corrected chi connectivity index (χ1v) is 8.52. The summed E-state index contributed by atoms with van der Waals surface area (Å²) < 4.78 is 0. The number of aliphatic imine (C=N–C) groups is 1. The first-order chi connectivity index (χ1) is 9.01. The zero-order valence-electron chi connectivity index (χ0n) is 11.4. The second-order valence-corrected chi connectivity index (χ2v) is 6.96. The molecule has 1 aliphatic heterocycles. The van der Waals surface area contributed by atoms with Crippen molar-refractivity contribution in [3.63, 3.8) is 0 Å². The van der Waals surface area contributed by atoms with Crippen LogP contribution in [0.2, 0.25) is 5.15 Å². The van der Waals surface area contributed by atoms with E-state index in [1.807, 2.05) is 24.9 Å². The van der Waals surface area contributed by atoms with E-state index in [1.165, 1.54) is 11.8 Å². The first-order valence-electron chi connectivity index (χ1n) is 6.04. The highest BCUT2D eigenvalue weighted by Crippen LogP contribution is 2.28. The summed E-state index contributed by atoms with van der Waals surface area (Å²) in [5.74, 6) is 0.821. The number of nitrogens with one attached hydrogen (secondary N) is 1. The van der Waals surface area contributed by atoms with Crippen LogP contribution >= 0.6 is 35.1 Å². The average molecular weight is 317 g/mol. The molecule has 0 fully saturated rings. The van der Waals surface area contributed by atoms with Gasteiger partial charge in [-0.25, -0.2) is 9.97 Å². The van der Waals surface area contributed by atoms with Crippen LogP contribution in [-0.4, -0.2) is 39.1 Å². The fourth-order valence-electron chi connectivity index (χ4n) is 1.86. The Hall–Kier alpha value is -0.460. The van der Waals surface area contributed by atoms with E-state index in [9.17, 15) is 0 Å². The Bertz CT molecular complexity index is 507. The third-order valence-electron chi connectivity index (χ3n) is 2.96. The molecule has 1 aliphatic rings. The summed E-state index contributed by atoms with van der Waals surface area (Å²) in [5, 5.41) is 6.19. The summed E-state index contributed by atoms with van der Waals surface area (Å²) >= 11 is 9.42. The molecule has 2 rings (SSSR count). The van der Waals surface area contributed by atoms with E-state index in [0.29, 0.717) is 21.6 Å². The van der Waals surface area contributed by atoms with E-state index in [0.717, 1.165) is 23.0 Å². The Kier molecular flexibility index (Phi) is 4.97. The Morgan fingerprint density at radius 2 is 2.11 bits per heavy atom. The van der Waals surface area contributed by atoms with Crippen LogP contribution in [0.4, 0.5) is 5.82 Å². The molecule has 0 radical (unpaired) electrons. The van der Waals surface area contributed by atoms with Crippen molar-refractivity contribution in [3.8, 4) is 0 Å². The number of nitrogens with zero attached hydrogens (tertiary/aromatic N) is 3. The summed E-state index contributed by atoms with van der Waals surface area (Å²) in [6.07, 6.45) is 1.94. The minimum Gasteiger partial charge on any atom is -0.368 e. The van der Waals surface area contributed by atoms with E-state index in [-0.39, 0.29) is 0 Å². The van der Waals surface area contributed by atoms with Crippen LogP contribution in [0.25, 0.3) is 0 Å². The van der Waals surface area contributed by atoms with Crippen molar-refractivity contribution in [2.45, 2.75) is 37.2 Å². The van der Waals surface area contributed by atoms with Gasteiger partial charge in [0, 0.05) is 12.1 Å². The molecular formula is C12H17ClN4S2. The molecule has 1 N–H and O–H groups in total. The average Bonchev–Trinajstić information content (AvgIpc) is 2.69. The highest BCUT2D eigenvalue weighted by molar-refractivity contribution is 8.14. The van der Waals surface area contributed by atoms with Gasteiger partial charge in [-0.1, -0.05) is 23.4 Å². The molecule has 7 heteroatoms. The molecule has 1 aromatic rings. The number of anilines is 1. The molecular weight excluding hydrogens is 300 g/mol. The zero-order chi connectivity index (χ0) is 14.0. The molecule has 0 aliphatic carbocycles. The zero-order valence-corrected chi connectivity index (χ0v) is 13.8. The topological polar surface area (TPSA) is 50.2 Å². The Morgan fingerprint density at radius 1 is 1.37 bits per heavy atom. The van der Waals surface area contributed by atoms with Gasteiger partial charge in [-0.15, -0.1) is 11.8 Å². The molecule has 0 spiro atoms. The highest BCUT2D eigenvalue weighted by Gasteiger charge is 2.24. The molecule has 2 unspecified atom stereocenters. The lowest BCUT2D eigenvalue weighted by atomic mass is 10.2. The van der Waals surface area contributed by atoms with Gasteiger partial charge in [0.15, 0.2) is 5.16 Å². The fourth-order valence-corrected chi connectivity index (χ4v) is 3.54. The van der Waals surface area contributed by atoms with Gasteiger partial charge in [0.05, 0.1) is 16.3 Å². The molecule has 4 nitrogen and oxygen atoms in total. The number of hydrogen-bond acceptors (Lipinski definition) is 6. The van der Waals surface area contributed by atoms with Crippen molar-refractivity contribution in [1.29, 1.82) is 0 Å². The smallest absolute Gasteiger partial charge is 0.190 e. The number of halogens is 1. The van der Waals surface area contributed by atoms with Gasteiger partial charge in [0.25, 0.3) is 0 Å². The molecule has 104 valence electrons. The number of hydrogen-bond donors (Lipinski definition) is 1. The van der Waals surface area contributed by atoms with E-state index in [4.69, 9.17) is 11.6 Å². The lowest BCUT2D eigenvalue weighted by Crippen LogP contribution is -2.24. The normalized spacial score (nSPS) is 22.5. The standard InChI is InChI=1S/C12H17ClN4S2/c1-6-10(13)16-12(18-4)17-11(6)14-5-9-7(2)15-8(3)19-9/h7,9H,5H2,1-4H3,(H,14,16,17). The van der Waals surface area contributed by atoms with Crippen molar-refractivity contribution in [3.05, 3.63) is 10.7 Å². The van der Waals surface area contributed by atoms with Crippen molar-refractivity contribution >= 4 is 46.0 Å². The van der Waals surface area contributed by atoms with E-state index in [2.05, 4.69) is 34.1 Å². The van der Waals surface area contributed by atoms with E-state index < -0.39 is 0 Å². The molecule has 0 amide bonds. The summed E-state index contributed by atoms with van der Waals surface area (Å²) in [5.41, 5.74) is 0.896. The van der Waals surface area contributed by atoms with Crippen LogP contribution in [0.5, 0.6) is 0 Å². The largest absolute Gasteiger partial charge is 0.368 e. The van der Waals surface area contributed by atoms with Gasteiger partial charge >= 0.3 is 0 Å². The Balaban J connectivity index is 2.06. The Morgan fingerprint density at radius 3 is 2.68 bits per heavy atom. The van der Waals surface area contributed by atoms with Crippen molar-refractivity contribution in [2.24, 2.45) is 4.99 Å². The van der Waals surface area contributed by atoms with Crippen LogP contribution in [0.15, 0.2) is 10.1 Å². The predicted molar refractivity (Wildman–Crippen MR) is 86.0 cm³/mol. The van der Waals surface area contributed by atoms with E-state index >= 15 is 0 Å². The molecule has 0 saturated carbocycles. The lowest BCUT2D eigenvalue weighted by Gasteiger charge is -2.16. The molecule has 0 bridgehead atoms. The van der Waals surface area contributed by atoms with Crippen molar-refractivity contribution in [1.82, 2.24) is 9.97 Å². The van der Waals surface area contributed by atoms with Gasteiger partial charge < -0.3 is 5.32 Å². The van der Waals surface area contributed by atoms with Crippen LogP contribution in [0, 0.1) is 6.92 Å². The molecule has 1 aromatic heterocycles. The number of rotatable bonds is 4. The SMILES string of the molecule is CSc1nc(Cl)c(C)c(NCC2SC(C)=NC2C)n1. The predicted octanol–water partition coefficient (Wildman–Crippen LogP) is 3.49. The van der Waals surface area contributed by atoms with Gasteiger partial charge in [0.2, 0.25) is 0 Å².